The molecule has 210 valence electrons. The molecule has 0 aliphatic rings. The van der Waals surface area contributed by atoms with E-state index in [0.29, 0.717) is 11.5 Å². The fourth-order valence-corrected chi connectivity index (χ4v) is 8.55. The maximum Gasteiger partial charge on any atom is 0.161 e. The van der Waals surface area contributed by atoms with Gasteiger partial charge in [0.2, 0.25) is 0 Å². The Labute approximate surface area is 242 Å². The normalized spacial score (nSPS) is 13.2. The lowest BCUT2D eigenvalue weighted by Gasteiger charge is -2.35. The molecule has 0 heterocycles. The van der Waals surface area contributed by atoms with Gasteiger partial charge in [0.25, 0.3) is 0 Å². The molecule has 0 amide bonds. The zero-order chi connectivity index (χ0) is 28.9. The van der Waals surface area contributed by atoms with E-state index in [0.717, 1.165) is 22.2 Å². The molecular formula is C33H38NO4PS. The largest absolute Gasteiger partial charge is 0.497 e. The third kappa shape index (κ3) is 6.41. The molecule has 0 bridgehead atoms. The summed E-state index contributed by atoms with van der Waals surface area (Å²) in [7, 11) is 4.60. The first-order chi connectivity index (χ1) is 19.2. The number of hydrogen-bond acceptors (Lipinski definition) is 4. The minimum absolute atomic E-state index is 0.335. The summed E-state index contributed by atoms with van der Waals surface area (Å²) in [6, 6.07) is 32.9. The van der Waals surface area contributed by atoms with Gasteiger partial charge in [0.1, 0.15) is 16.7 Å². The maximum atomic E-state index is 13.9. The van der Waals surface area contributed by atoms with Gasteiger partial charge in [-0.05, 0) is 80.0 Å². The van der Waals surface area contributed by atoms with Crippen molar-refractivity contribution in [2.24, 2.45) is 0 Å². The Hall–Kier alpha value is -3.18. The van der Waals surface area contributed by atoms with Gasteiger partial charge in [-0.15, -0.1) is 0 Å². The molecule has 1 unspecified atom stereocenters. The van der Waals surface area contributed by atoms with Crippen LogP contribution < -0.4 is 30.1 Å². The third-order valence-corrected chi connectivity index (χ3v) is 11.0. The fourth-order valence-electron chi connectivity index (χ4n) is 4.78. The average Bonchev–Trinajstić information content (AvgIpc) is 2.98. The minimum atomic E-state index is -1.31. The summed E-state index contributed by atoms with van der Waals surface area (Å²) in [4.78, 5) is 0. The Morgan fingerprint density at radius 3 is 1.68 bits per heavy atom. The van der Waals surface area contributed by atoms with Crippen molar-refractivity contribution < 1.29 is 18.4 Å². The second-order valence-corrected chi connectivity index (χ2v) is 14.8. The lowest BCUT2D eigenvalue weighted by Crippen LogP contribution is -2.39. The van der Waals surface area contributed by atoms with Gasteiger partial charge in [-0.25, -0.2) is 8.51 Å². The van der Waals surface area contributed by atoms with Gasteiger partial charge in [0, 0.05) is 7.05 Å². The molecule has 0 aliphatic heterocycles. The molecule has 0 aromatic heterocycles. The zero-order valence-electron chi connectivity index (χ0n) is 24.3. The summed E-state index contributed by atoms with van der Waals surface area (Å²) < 4.78 is 32.5. The molecule has 0 aliphatic carbocycles. The highest BCUT2D eigenvalue weighted by Gasteiger charge is 2.34. The molecule has 0 fully saturated rings. The summed E-state index contributed by atoms with van der Waals surface area (Å²) in [5, 5.41) is 3.54. The first-order valence-electron chi connectivity index (χ1n) is 13.1. The van der Waals surface area contributed by atoms with E-state index in [9.17, 15) is 4.21 Å². The predicted octanol–water partition coefficient (Wildman–Crippen LogP) is 5.95. The number of hydrogen-bond donors (Lipinski definition) is 0. The Kier molecular flexibility index (Phi) is 9.68. The van der Waals surface area contributed by atoms with Crippen LogP contribution in [0.2, 0.25) is 0 Å². The SMILES string of the molecule is COc1ccc([C@H](c2cc(OC)c(OC)cc2P(c2ccccc2)c2ccccc2)N(C)S(=O)C(C)(C)C)cc1. The molecule has 0 N–H and O–H groups in total. The summed E-state index contributed by atoms with van der Waals surface area (Å²) in [5.41, 5.74) is 2.02. The van der Waals surface area contributed by atoms with Crippen molar-refractivity contribution in [2.45, 2.75) is 31.6 Å². The van der Waals surface area contributed by atoms with Gasteiger partial charge in [0.15, 0.2) is 11.5 Å². The molecule has 4 aromatic carbocycles. The standard InChI is InChI=1S/C33H38NO4PS/c1-33(2,3)40(35)34(4)32(24-18-20-25(36-5)21-19-24)28-22-29(37-6)30(38-7)23-31(28)39(26-14-10-8-11-15-26)27-16-12-9-13-17-27/h8-23,32H,1-7H3/t32-,40?/m1/s1. The van der Waals surface area contributed by atoms with E-state index in [1.54, 1.807) is 21.3 Å². The summed E-state index contributed by atoms with van der Waals surface area (Å²) in [6.07, 6.45) is 0. The van der Waals surface area contributed by atoms with Crippen LogP contribution in [0.25, 0.3) is 0 Å². The molecule has 0 radical (unpaired) electrons. The highest BCUT2D eigenvalue weighted by Crippen LogP contribution is 2.43. The van der Waals surface area contributed by atoms with Crippen molar-refractivity contribution >= 4 is 34.8 Å². The number of ether oxygens (including phenoxy) is 3. The Bertz CT molecular complexity index is 1380. The minimum Gasteiger partial charge on any atom is -0.497 e. The topological polar surface area (TPSA) is 48.0 Å². The van der Waals surface area contributed by atoms with Gasteiger partial charge >= 0.3 is 0 Å². The quantitative estimate of drug-likeness (QED) is 0.219. The monoisotopic (exact) mass is 575 g/mol. The molecule has 0 spiro atoms. The van der Waals surface area contributed by atoms with E-state index in [1.165, 1.54) is 10.6 Å². The summed E-state index contributed by atoms with van der Waals surface area (Å²) in [5.74, 6) is 2.06. The van der Waals surface area contributed by atoms with Crippen LogP contribution in [0.4, 0.5) is 0 Å². The van der Waals surface area contributed by atoms with Gasteiger partial charge in [-0.3, -0.25) is 0 Å². The molecule has 0 saturated heterocycles. The van der Waals surface area contributed by atoms with Crippen LogP contribution in [0, 0.1) is 0 Å². The van der Waals surface area contributed by atoms with E-state index in [1.807, 2.05) is 68.5 Å². The van der Waals surface area contributed by atoms with Crippen LogP contribution in [0.1, 0.15) is 37.9 Å². The zero-order valence-corrected chi connectivity index (χ0v) is 26.0. The van der Waals surface area contributed by atoms with Crippen molar-refractivity contribution in [2.75, 3.05) is 28.4 Å². The molecule has 40 heavy (non-hydrogen) atoms. The van der Waals surface area contributed by atoms with Crippen molar-refractivity contribution in [1.82, 2.24) is 4.31 Å². The van der Waals surface area contributed by atoms with Crippen LogP contribution in [-0.4, -0.2) is 41.6 Å². The third-order valence-electron chi connectivity index (χ3n) is 6.68. The summed E-state index contributed by atoms with van der Waals surface area (Å²) >= 11 is 0. The average molecular weight is 576 g/mol. The van der Waals surface area contributed by atoms with Gasteiger partial charge in [-0.2, -0.15) is 0 Å². The van der Waals surface area contributed by atoms with Gasteiger partial charge < -0.3 is 14.2 Å². The van der Waals surface area contributed by atoms with Crippen molar-refractivity contribution in [3.05, 3.63) is 108 Å². The summed E-state index contributed by atoms with van der Waals surface area (Å²) in [6.45, 7) is 6.00. The first kappa shape index (κ1) is 29.8. The van der Waals surface area contributed by atoms with E-state index < -0.39 is 23.7 Å². The first-order valence-corrected chi connectivity index (χ1v) is 15.6. The van der Waals surface area contributed by atoms with Crippen LogP contribution in [0.3, 0.4) is 0 Å². The lowest BCUT2D eigenvalue weighted by molar-refractivity contribution is 0.353. The molecule has 7 heteroatoms. The van der Waals surface area contributed by atoms with Crippen LogP contribution in [-0.2, 0) is 11.0 Å². The predicted molar refractivity (Wildman–Crippen MR) is 169 cm³/mol. The van der Waals surface area contributed by atoms with Gasteiger partial charge in [-0.1, -0.05) is 72.8 Å². The van der Waals surface area contributed by atoms with Crippen LogP contribution in [0.15, 0.2) is 97.1 Å². The smallest absolute Gasteiger partial charge is 0.161 e. The molecule has 4 rings (SSSR count). The lowest BCUT2D eigenvalue weighted by atomic mass is 9.98. The van der Waals surface area contributed by atoms with Crippen LogP contribution >= 0.6 is 7.92 Å². The molecule has 4 aromatic rings. The Morgan fingerprint density at radius 2 is 1.23 bits per heavy atom. The van der Waals surface area contributed by atoms with Crippen molar-refractivity contribution in [3.8, 4) is 17.2 Å². The highest BCUT2D eigenvalue weighted by molar-refractivity contribution is 7.84. The number of benzene rings is 4. The Morgan fingerprint density at radius 1 is 0.725 bits per heavy atom. The van der Waals surface area contributed by atoms with E-state index in [4.69, 9.17) is 14.2 Å². The highest BCUT2D eigenvalue weighted by atomic mass is 32.2. The Balaban J connectivity index is 2.07. The molecule has 2 atom stereocenters. The molecule has 5 nitrogen and oxygen atoms in total. The number of rotatable bonds is 10. The fraction of sp³-hybridized carbons (Fsp3) is 0.273. The molecular weight excluding hydrogens is 537 g/mol. The second-order valence-electron chi connectivity index (χ2n) is 10.4. The maximum absolute atomic E-state index is 13.9. The van der Waals surface area contributed by atoms with E-state index >= 15 is 0 Å². The number of nitrogens with zero attached hydrogens (tertiary/aromatic N) is 1. The van der Waals surface area contributed by atoms with Crippen molar-refractivity contribution in [1.29, 1.82) is 0 Å². The second kappa shape index (κ2) is 13.0. The number of methoxy groups -OCH3 is 3. The van der Waals surface area contributed by atoms with E-state index in [2.05, 4.69) is 60.7 Å². The van der Waals surface area contributed by atoms with E-state index in [-0.39, 0.29) is 6.04 Å². The van der Waals surface area contributed by atoms with Crippen LogP contribution in [0.5, 0.6) is 17.2 Å². The van der Waals surface area contributed by atoms with Crippen molar-refractivity contribution in [3.63, 3.8) is 0 Å². The van der Waals surface area contributed by atoms with Gasteiger partial charge in [0.05, 0.1) is 32.1 Å². The molecule has 0 saturated carbocycles.